The fourth-order valence-electron chi connectivity index (χ4n) is 4.62. The molecule has 5 rings (SSSR count). The van der Waals surface area contributed by atoms with Crippen molar-refractivity contribution in [1.29, 1.82) is 0 Å². The zero-order chi connectivity index (χ0) is 23.2. The summed E-state index contributed by atoms with van der Waals surface area (Å²) in [6, 6.07) is 7.38. The Bertz CT molecular complexity index is 1380. The summed E-state index contributed by atoms with van der Waals surface area (Å²) in [5.74, 6) is 0. The number of nitrogens with zero attached hydrogens (tertiary/aromatic N) is 6. The van der Waals surface area contributed by atoms with Gasteiger partial charge in [-0.3, -0.25) is 14.2 Å². The van der Waals surface area contributed by atoms with Gasteiger partial charge in [-0.2, -0.15) is 5.10 Å². The lowest BCUT2D eigenvalue weighted by Crippen LogP contribution is -2.52. The molecule has 0 aliphatic carbocycles. The Kier molecular flexibility index (Phi) is 5.38. The third-order valence-electron chi connectivity index (χ3n) is 6.56. The summed E-state index contributed by atoms with van der Waals surface area (Å²) in [5, 5.41) is 17.2. The molecule has 172 valence electrons. The van der Waals surface area contributed by atoms with Crippen molar-refractivity contribution in [2.24, 2.45) is 0 Å². The van der Waals surface area contributed by atoms with Gasteiger partial charge in [-0.1, -0.05) is 0 Å². The van der Waals surface area contributed by atoms with Crippen LogP contribution in [0.3, 0.4) is 0 Å². The van der Waals surface area contributed by atoms with Crippen LogP contribution in [-0.4, -0.2) is 60.9 Å². The summed E-state index contributed by atoms with van der Waals surface area (Å²) < 4.78 is 3.39. The molecule has 2 N–H and O–H groups in total. The first-order valence-corrected chi connectivity index (χ1v) is 11.3. The van der Waals surface area contributed by atoms with Gasteiger partial charge < -0.3 is 15.3 Å². The first-order chi connectivity index (χ1) is 15.8. The molecule has 4 aromatic heterocycles. The fourth-order valence-corrected chi connectivity index (χ4v) is 4.62. The molecule has 0 unspecified atom stereocenters. The summed E-state index contributed by atoms with van der Waals surface area (Å²) in [7, 11) is 0. The maximum Gasteiger partial charge on any atom is 0.258 e. The number of nitrogens with one attached hydrogen (secondary N) is 1. The van der Waals surface area contributed by atoms with Crippen molar-refractivity contribution >= 4 is 16.9 Å². The number of rotatable bonds is 5. The largest absolute Gasteiger partial charge is 0.395 e. The highest BCUT2D eigenvalue weighted by atomic mass is 16.3. The smallest absolute Gasteiger partial charge is 0.258 e. The summed E-state index contributed by atoms with van der Waals surface area (Å²) in [5.41, 5.74) is 5.38. The second kappa shape index (κ2) is 8.24. The first-order valence-electron chi connectivity index (χ1n) is 11.3. The summed E-state index contributed by atoms with van der Waals surface area (Å²) >= 11 is 0. The van der Waals surface area contributed by atoms with Gasteiger partial charge in [0.05, 0.1) is 41.1 Å². The molecule has 0 spiro atoms. The second-order valence-corrected chi connectivity index (χ2v) is 9.12. The molecule has 1 aliphatic rings. The number of aryl methyl sites for hydroxylation is 2. The molecule has 5 heterocycles. The lowest BCUT2D eigenvalue weighted by Gasteiger charge is -2.41. The zero-order valence-electron chi connectivity index (χ0n) is 19.2. The Morgan fingerprint density at radius 1 is 1.09 bits per heavy atom. The van der Waals surface area contributed by atoms with E-state index in [1.165, 1.54) is 0 Å². The molecule has 0 aromatic carbocycles. The minimum atomic E-state index is -0.133. The van der Waals surface area contributed by atoms with Crippen molar-refractivity contribution in [1.82, 2.24) is 29.3 Å². The van der Waals surface area contributed by atoms with E-state index < -0.39 is 0 Å². The highest BCUT2D eigenvalue weighted by Crippen LogP contribution is 2.26. The van der Waals surface area contributed by atoms with E-state index in [2.05, 4.69) is 27.2 Å². The maximum atomic E-state index is 13.0. The van der Waals surface area contributed by atoms with Crippen molar-refractivity contribution in [3.05, 3.63) is 58.4 Å². The molecule has 1 saturated heterocycles. The van der Waals surface area contributed by atoms with E-state index in [-0.39, 0.29) is 17.7 Å². The number of hydrogen-bond donors (Lipinski definition) is 2. The Labute approximate surface area is 191 Å². The van der Waals surface area contributed by atoms with Crippen LogP contribution in [0.4, 0.5) is 5.69 Å². The van der Waals surface area contributed by atoms with Gasteiger partial charge in [0.2, 0.25) is 0 Å². The Balaban J connectivity index is 1.43. The lowest BCUT2D eigenvalue weighted by atomic mass is 9.89. The molecular formula is C24H29N7O2. The molecule has 9 heteroatoms. The number of fused-ring (bicyclic) bond motifs is 2. The van der Waals surface area contributed by atoms with Crippen LogP contribution >= 0.6 is 0 Å². The van der Waals surface area contributed by atoms with Crippen LogP contribution in [0.25, 0.3) is 22.6 Å². The average Bonchev–Trinajstić information content (AvgIpc) is 3.23. The van der Waals surface area contributed by atoms with Crippen molar-refractivity contribution < 1.29 is 5.11 Å². The van der Waals surface area contributed by atoms with E-state index in [9.17, 15) is 4.79 Å². The number of anilines is 1. The molecule has 1 fully saturated rings. The highest BCUT2D eigenvalue weighted by molar-refractivity contribution is 5.66. The Hall–Kier alpha value is -3.30. The highest BCUT2D eigenvalue weighted by Gasteiger charge is 2.29. The molecule has 0 amide bonds. The third kappa shape index (κ3) is 4.09. The number of β-amino-alcohol motifs (C(OH)–C–C–N with tert-alkyl or cyclic N) is 1. The van der Waals surface area contributed by atoms with E-state index in [0.29, 0.717) is 23.6 Å². The number of aliphatic hydroxyl groups excluding tert-OH is 1. The van der Waals surface area contributed by atoms with E-state index in [1.54, 1.807) is 15.0 Å². The van der Waals surface area contributed by atoms with Crippen LogP contribution in [0.2, 0.25) is 0 Å². The molecule has 0 atom stereocenters. The minimum Gasteiger partial charge on any atom is -0.395 e. The zero-order valence-corrected chi connectivity index (χ0v) is 19.2. The normalized spacial score (nSPS) is 16.1. The van der Waals surface area contributed by atoms with E-state index in [0.717, 1.165) is 48.5 Å². The van der Waals surface area contributed by atoms with Crippen molar-refractivity contribution in [3.8, 4) is 11.4 Å². The van der Waals surface area contributed by atoms with Gasteiger partial charge in [-0.05, 0) is 51.8 Å². The SMILES string of the molecule is Cc1cn2nc(-c3cc(=O)n4cc(N5CCC(C)(NCCO)CC5)ccc4n3)cc2c(C)n1. The summed E-state index contributed by atoms with van der Waals surface area (Å²) in [4.78, 5) is 24.5. The molecule has 0 radical (unpaired) electrons. The van der Waals surface area contributed by atoms with E-state index in [4.69, 9.17) is 10.1 Å². The first kappa shape index (κ1) is 21.5. The molecule has 33 heavy (non-hydrogen) atoms. The van der Waals surface area contributed by atoms with Crippen LogP contribution in [-0.2, 0) is 0 Å². The number of aliphatic hydroxyl groups is 1. The van der Waals surface area contributed by atoms with Gasteiger partial charge in [0.25, 0.3) is 5.56 Å². The number of aromatic nitrogens is 5. The number of pyridine rings is 1. The van der Waals surface area contributed by atoms with Crippen LogP contribution in [0.5, 0.6) is 0 Å². The summed E-state index contributed by atoms with van der Waals surface area (Å²) in [6.07, 6.45) is 5.69. The Morgan fingerprint density at radius 2 is 1.88 bits per heavy atom. The number of piperidine rings is 1. The molecule has 9 nitrogen and oxygen atoms in total. The van der Waals surface area contributed by atoms with Crippen molar-refractivity contribution in [2.45, 2.75) is 39.2 Å². The molecule has 1 aliphatic heterocycles. The summed E-state index contributed by atoms with van der Waals surface area (Å²) in [6.45, 7) is 8.60. The predicted octanol–water partition coefficient (Wildman–Crippen LogP) is 1.96. The van der Waals surface area contributed by atoms with E-state index in [1.807, 2.05) is 44.4 Å². The van der Waals surface area contributed by atoms with Crippen LogP contribution < -0.4 is 15.8 Å². The topological polar surface area (TPSA) is 100 Å². The van der Waals surface area contributed by atoms with Crippen LogP contribution in [0, 0.1) is 13.8 Å². The third-order valence-corrected chi connectivity index (χ3v) is 6.56. The molecule has 4 aromatic rings. The average molecular weight is 448 g/mol. The van der Waals surface area contributed by atoms with Crippen molar-refractivity contribution in [2.75, 3.05) is 31.1 Å². The van der Waals surface area contributed by atoms with E-state index >= 15 is 0 Å². The van der Waals surface area contributed by atoms with Gasteiger partial charge in [0.1, 0.15) is 11.3 Å². The standard InChI is InChI=1S/C24H29N7O2/c1-16-14-31-21(17(2)26-16)12-20(28-31)19-13-23(33)30-15-18(4-5-22(30)27-19)29-9-6-24(3,7-10-29)25-8-11-32/h4-5,12-15,25,32H,6-11H2,1-3H3. The van der Waals surface area contributed by atoms with Gasteiger partial charge in [-0.25, -0.2) is 9.50 Å². The van der Waals surface area contributed by atoms with Crippen LogP contribution in [0.15, 0.2) is 41.5 Å². The van der Waals surface area contributed by atoms with Gasteiger partial charge in [0.15, 0.2) is 0 Å². The Morgan fingerprint density at radius 3 is 2.64 bits per heavy atom. The van der Waals surface area contributed by atoms with Gasteiger partial charge in [0, 0.05) is 37.4 Å². The number of hydrogen-bond acceptors (Lipinski definition) is 7. The van der Waals surface area contributed by atoms with Gasteiger partial charge >= 0.3 is 0 Å². The minimum absolute atomic E-state index is 0.0316. The van der Waals surface area contributed by atoms with Crippen LogP contribution in [0.1, 0.15) is 31.2 Å². The molecule has 0 saturated carbocycles. The monoisotopic (exact) mass is 447 g/mol. The second-order valence-electron chi connectivity index (χ2n) is 9.12. The quantitative estimate of drug-likeness (QED) is 0.482. The van der Waals surface area contributed by atoms with Gasteiger partial charge in [-0.15, -0.1) is 0 Å². The predicted molar refractivity (Wildman–Crippen MR) is 128 cm³/mol. The fraction of sp³-hybridized carbons (Fsp3) is 0.417. The molecule has 0 bridgehead atoms. The lowest BCUT2D eigenvalue weighted by molar-refractivity contribution is 0.235. The van der Waals surface area contributed by atoms with Crippen molar-refractivity contribution in [3.63, 3.8) is 0 Å². The maximum absolute atomic E-state index is 13.0. The molecular weight excluding hydrogens is 418 g/mol.